The van der Waals surface area contributed by atoms with E-state index in [0.29, 0.717) is 38.9 Å². The number of nitrogens with one attached hydrogen (secondary N) is 1. The molecule has 2 aliphatic rings. The molecule has 1 aliphatic heterocycles. The Morgan fingerprint density at radius 3 is 2.32 bits per heavy atom. The lowest BCUT2D eigenvalue weighted by molar-refractivity contribution is -0.145. The third kappa shape index (κ3) is 4.00. The third-order valence-corrected chi connectivity index (χ3v) is 5.31. The van der Waals surface area contributed by atoms with Gasteiger partial charge in [0.1, 0.15) is 11.2 Å². The lowest BCUT2D eigenvalue weighted by Gasteiger charge is -2.35. The fraction of sp³-hybridized carbons (Fsp3) is 0.579. The summed E-state index contributed by atoms with van der Waals surface area (Å²) < 4.78 is 12.9. The van der Waals surface area contributed by atoms with Crippen molar-refractivity contribution in [3.63, 3.8) is 0 Å². The minimum absolute atomic E-state index is 0.0115. The number of amides is 2. The molecule has 1 aromatic carbocycles. The first kappa shape index (κ1) is 17.9. The minimum Gasteiger partial charge on any atom is -0.355 e. The van der Waals surface area contributed by atoms with Crippen molar-refractivity contribution < 1.29 is 14.0 Å². The Bertz CT molecular complexity index is 620. The maximum absolute atomic E-state index is 12.9. The summed E-state index contributed by atoms with van der Waals surface area (Å²) in [5, 5.41) is 2.90. The van der Waals surface area contributed by atoms with Crippen LogP contribution >= 0.6 is 0 Å². The lowest BCUT2D eigenvalue weighted by Crippen LogP contribution is -2.53. The molecule has 1 N–H and O–H groups in total. The summed E-state index contributed by atoms with van der Waals surface area (Å²) in [6.45, 7) is 6.75. The number of carbonyl (C=O) groups is 2. The van der Waals surface area contributed by atoms with Crippen LogP contribution in [0, 0.1) is 11.2 Å². The molecule has 0 radical (unpaired) electrons. The molecule has 0 atom stereocenters. The zero-order valence-electron chi connectivity index (χ0n) is 14.8. The second-order valence-corrected chi connectivity index (χ2v) is 6.94. The second-order valence-electron chi connectivity index (χ2n) is 6.94. The Morgan fingerprint density at radius 2 is 1.76 bits per heavy atom. The first-order chi connectivity index (χ1) is 12.0. The highest BCUT2D eigenvalue weighted by Gasteiger charge is 2.57. The molecule has 5 nitrogen and oxygen atoms in total. The van der Waals surface area contributed by atoms with E-state index in [1.807, 2.05) is 4.90 Å². The van der Waals surface area contributed by atoms with E-state index in [4.69, 9.17) is 0 Å². The molecule has 0 bridgehead atoms. The quantitative estimate of drug-likeness (QED) is 0.792. The van der Waals surface area contributed by atoms with Crippen molar-refractivity contribution in [1.82, 2.24) is 15.1 Å². The standard InChI is InChI=1S/C19H26FN3O2/c1-2-22-11-13-23(14-12-22)18(25)19(8-9-19)17(24)21-10-7-15-3-5-16(20)6-4-15/h3-6H,2,7-14H2,1H3,(H,21,24). The topological polar surface area (TPSA) is 52.7 Å². The average molecular weight is 347 g/mol. The molecule has 2 fully saturated rings. The Labute approximate surface area is 148 Å². The summed E-state index contributed by atoms with van der Waals surface area (Å²) in [6.07, 6.45) is 1.91. The Balaban J connectivity index is 1.49. The van der Waals surface area contributed by atoms with E-state index >= 15 is 0 Å². The smallest absolute Gasteiger partial charge is 0.238 e. The van der Waals surface area contributed by atoms with Gasteiger partial charge in [-0.1, -0.05) is 19.1 Å². The van der Waals surface area contributed by atoms with Crippen molar-refractivity contribution in [2.75, 3.05) is 39.3 Å². The van der Waals surface area contributed by atoms with E-state index in [9.17, 15) is 14.0 Å². The van der Waals surface area contributed by atoms with E-state index in [-0.39, 0.29) is 17.6 Å². The molecule has 0 unspecified atom stereocenters. The van der Waals surface area contributed by atoms with Crippen LogP contribution in [0.2, 0.25) is 0 Å². The molecule has 1 aliphatic carbocycles. The zero-order valence-corrected chi connectivity index (χ0v) is 14.8. The van der Waals surface area contributed by atoms with Gasteiger partial charge >= 0.3 is 0 Å². The van der Waals surface area contributed by atoms with E-state index in [0.717, 1.165) is 25.2 Å². The van der Waals surface area contributed by atoms with Crippen molar-refractivity contribution in [2.24, 2.45) is 5.41 Å². The maximum Gasteiger partial charge on any atom is 0.238 e. The number of likely N-dealkylation sites (N-methyl/N-ethyl adjacent to an activating group) is 1. The molecule has 25 heavy (non-hydrogen) atoms. The molecule has 2 amide bonds. The number of piperazine rings is 1. The third-order valence-electron chi connectivity index (χ3n) is 5.31. The minimum atomic E-state index is -0.836. The highest BCUT2D eigenvalue weighted by Crippen LogP contribution is 2.47. The molecular formula is C19H26FN3O2. The first-order valence-corrected chi connectivity index (χ1v) is 9.09. The van der Waals surface area contributed by atoms with Gasteiger partial charge in [0.05, 0.1) is 0 Å². The van der Waals surface area contributed by atoms with Crippen LogP contribution < -0.4 is 5.32 Å². The van der Waals surface area contributed by atoms with Gasteiger partial charge in [-0.2, -0.15) is 0 Å². The predicted molar refractivity (Wildman–Crippen MR) is 93.5 cm³/mol. The monoisotopic (exact) mass is 347 g/mol. The summed E-state index contributed by atoms with van der Waals surface area (Å²) in [5.41, 5.74) is 0.130. The summed E-state index contributed by atoms with van der Waals surface area (Å²) >= 11 is 0. The Hall–Kier alpha value is -1.95. The van der Waals surface area contributed by atoms with Gasteiger partial charge in [0.15, 0.2) is 0 Å². The van der Waals surface area contributed by atoms with E-state index in [1.165, 1.54) is 12.1 Å². The maximum atomic E-state index is 12.9. The van der Waals surface area contributed by atoms with Gasteiger partial charge in [0.25, 0.3) is 0 Å². The van der Waals surface area contributed by atoms with Crippen LogP contribution in [0.3, 0.4) is 0 Å². The highest BCUT2D eigenvalue weighted by atomic mass is 19.1. The van der Waals surface area contributed by atoms with E-state index in [1.54, 1.807) is 12.1 Å². The highest BCUT2D eigenvalue weighted by molar-refractivity contribution is 6.07. The van der Waals surface area contributed by atoms with Gasteiger partial charge in [-0.3, -0.25) is 9.59 Å². The Kier molecular flexibility index (Phi) is 5.37. The van der Waals surface area contributed by atoms with Gasteiger partial charge < -0.3 is 15.1 Å². The number of hydrogen-bond donors (Lipinski definition) is 1. The number of carbonyl (C=O) groups excluding carboxylic acids is 2. The molecule has 136 valence electrons. The molecule has 1 saturated carbocycles. The summed E-state index contributed by atoms with van der Waals surface area (Å²) in [6, 6.07) is 6.26. The molecule has 1 heterocycles. The number of halogens is 1. The van der Waals surface area contributed by atoms with Crippen LogP contribution in [0.1, 0.15) is 25.3 Å². The van der Waals surface area contributed by atoms with Crippen molar-refractivity contribution in [1.29, 1.82) is 0 Å². The predicted octanol–water partition coefficient (Wildman–Crippen LogP) is 1.43. The molecule has 0 aromatic heterocycles. The van der Waals surface area contributed by atoms with Crippen molar-refractivity contribution >= 4 is 11.8 Å². The summed E-state index contributed by atoms with van der Waals surface area (Å²) in [4.78, 5) is 29.5. The number of rotatable bonds is 6. The molecule has 1 aromatic rings. The normalized spacial score (nSPS) is 19.5. The van der Waals surface area contributed by atoms with Gasteiger partial charge in [0, 0.05) is 32.7 Å². The molecule has 1 saturated heterocycles. The van der Waals surface area contributed by atoms with Crippen molar-refractivity contribution in [2.45, 2.75) is 26.2 Å². The molecule has 3 rings (SSSR count). The largest absolute Gasteiger partial charge is 0.355 e. The molecule has 0 spiro atoms. The second kappa shape index (κ2) is 7.52. The van der Waals surface area contributed by atoms with Crippen LogP contribution in [0.25, 0.3) is 0 Å². The first-order valence-electron chi connectivity index (χ1n) is 9.09. The summed E-state index contributed by atoms with van der Waals surface area (Å²) in [5.74, 6) is -0.432. The van der Waals surface area contributed by atoms with E-state index in [2.05, 4.69) is 17.1 Å². The molecular weight excluding hydrogens is 321 g/mol. The fourth-order valence-corrected chi connectivity index (χ4v) is 3.37. The lowest BCUT2D eigenvalue weighted by atomic mass is 10.0. The number of hydrogen-bond acceptors (Lipinski definition) is 3. The van der Waals surface area contributed by atoms with Gasteiger partial charge in [-0.15, -0.1) is 0 Å². The zero-order chi connectivity index (χ0) is 17.9. The Morgan fingerprint density at radius 1 is 1.12 bits per heavy atom. The van der Waals surface area contributed by atoms with Crippen molar-refractivity contribution in [3.8, 4) is 0 Å². The van der Waals surface area contributed by atoms with Gasteiger partial charge in [-0.05, 0) is 43.5 Å². The SMILES string of the molecule is CCN1CCN(C(=O)C2(C(=O)NCCc3ccc(F)cc3)CC2)CC1. The van der Waals surface area contributed by atoms with Crippen LogP contribution in [-0.2, 0) is 16.0 Å². The number of nitrogens with zero attached hydrogens (tertiary/aromatic N) is 2. The van der Waals surface area contributed by atoms with Gasteiger partial charge in [-0.25, -0.2) is 4.39 Å². The summed E-state index contributed by atoms with van der Waals surface area (Å²) in [7, 11) is 0. The van der Waals surface area contributed by atoms with Crippen LogP contribution in [0.5, 0.6) is 0 Å². The number of benzene rings is 1. The van der Waals surface area contributed by atoms with Crippen LogP contribution in [0.15, 0.2) is 24.3 Å². The average Bonchev–Trinajstić information content (AvgIpc) is 3.45. The van der Waals surface area contributed by atoms with E-state index < -0.39 is 5.41 Å². The molecule has 6 heteroatoms. The van der Waals surface area contributed by atoms with Crippen LogP contribution in [-0.4, -0.2) is 60.9 Å². The van der Waals surface area contributed by atoms with Crippen LogP contribution in [0.4, 0.5) is 4.39 Å². The fourth-order valence-electron chi connectivity index (χ4n) is 3.37. The van der Waals surface area contributed by atoms with Crippen molar-refractivity contribution in [3.05, 3.63) is 35.6 Å². The van der Waals surface area contributed by atoms with Gasteiger partial charge in [0.2, 0.25) is 11.8 Å².